The van der Waals surface area contributed by atoms with Gasteiger partial charge in [-0.05, 0) is 65.3 Å². The quantitative estimate of drug-likeness (QED) is 0.0868. The van der Waals surface area contributed by atoms with Gasteiger partial charge in [-0.1, -0.05) is 106 Å². The molecule has 178 valence electrons. The highest BCUT2D eigenvalue weighted by Crippen LogP contribution is 2.34. The van der Waals surface area contributed by atoms with Gasteiger partial charge in [0, 0.05) is 11.0 Å². The van der Waals surface area contributed by atoms with Gasteiger partial charge < -0.3 is 9.47 Å². The van der Waals surface area contributed by atoms with Crippen molar-refractivity contribution in [2.75, 3.05) is 20.0 Å². The van der Waals surface area contributed by atoms with Crippen LogP contribution in [0.25, 0.3) is 0 Å². The van der Waals surface area contributed by atoms with Crippen LogP contribution in [0.15, 0.2) is 0 Å². The Morgan fingerprint density at radius 1 is 0.667 bits per heavy atom. The van der Waals surface area contributed by atoms with E-state index in [9.17, 15) is 0 Å². The number of hydrogen-bond donors (Lipinski definition) is 0. The molecule has 0 N–H and O–H groups in total. The number of methoxy groups -OCH3 is 2. The number of unbranched alkanes of at least 4 members (excludes halogenated alkanes) is 11. The van der Waals surface area contributed by atoms with Gasteiger partial charge in [0.05, 0.1) is 14.2 Å². The zero-order valence-corrected chi connectivity index (χ0v) is 24.1. The molecule has 0 aliphatic carbocycles. The van der Waals surface area contributed by atoms with Crippen molar-refractivity contribution in [3.05, 3.63) is 0 Å². The molecule has 0 saturated heterocycles. The minimum atomic E-state index is 0.635. The average molecular weight is 531 g/mol. The number of rotatable bonds is 20. The first-order valence-electron chi connectivity index (χ1n) is 11.4. The van der Waals surface area contributed by atoms with Gasteiger partial charge in [0.1, 0.15) is 0 Å². The third kappa shape index (κ3) is 22.4. The monoisotopic (exact) mass is 530 g/mol. The fraction of sp³-hybridized carbons (Fsp3) is 0.909. The van der Waals surface area contributed by atoms with Gasteiger partial charge in [-0.25, -0.2) is 0 Å². The Balaban J connectivity index is 3.71. The second-order valence-corrected chi connectivity index (χ2v) is 13.6. The van der Waals surface area contributed by atoms with E-state index in [1.807, 2.05) is 21.6 Å². The standard InChI is InChI=1S/C22H42O2S6/c1-4-5-6-7-11-14-17-20(28-30-22(26)24-3)18-15-12-9-8-10-13-16-19-27-29-21(25)23-2/h20H,4-19H2,1-3H3. The smallest absolute Gasteiger partial charge is 0.230 e. The van der Waals surface area contributed by atoms with E-state index in [0.717, 1.165) is 5.75 Å². The summed E-state index contributed by atoms with van der Waals surface area (Å²) in [6, 6.07) is 0. The van der Waals surface area contributed by atoms with Crippen molar-refractivity contribution in [2.45, 2.75) is 108 Å². The molecule has 0 aliphatic rings. The molecule has 0 aromatic heterocycles. The molecule has 8 heteroatoms. The van der Waals surface area contributed by atoms with Crippen LogP contribution < -0.4 is 0 Å². The van der Waals surface area contributed by atoms with E-state index in [2.05, 4.69) is 6.92 Å². The summed E-state index contributed by atoms with van der Waals surface area (Å²) in [5.74, 6) is 1.16. The summed E-state index contributed by atoms with van der Waals surface area (Å²) in [7, 11) is 10.3. The van der Waals surface area contributed by atoms with Crippen molar-refractivity contribution in [2.24, 2.45) is 0 Å². The van der Waals surface area contributed by atoms with E-state index < -0.39 is 0 Å². The predicted molar refractivity (Wildman–Crippen MR) is 153 cm³/mol. The van der Waals surface area contributed by atoms with Crippen LogP contribution in [0.5, 0.6) is 0 Å². The highest BCUT2D eigenvalue weighted by atomic mass is 33.1. The van der Waals surface area contributed by atoms with Crippen LogP contribution in [0.3, 0.4) is 0 Å². The molecule has 0 saturated carbocycles. The summed E-state index contributed by atoms with van der Waals surface area (Å²) >= 11 is 10.2. The maximum absolute atomic E-state index is 5.20. The van der Waals surface area contributed by atoms with E-state index in [1.54, 1.807) is 35.8 Å². The van der Waals surface area contributed by atoms with Crippen molar-refractivity contribution in [1.82, 2.24) is 0 Å². The Morgan fingerprint density at radius 2 is 1.13 bits per heavy atom. The molecular formula is C22H42O2S6. The van der Waals surface area contributed by atoms with Gasteiger partial charge >= 0.3 is 0 Å². The molecular weight excluding hydrogens is 489 g/mol. The van der Waals surface area contributed by atoms with Crippen LogP contribution in [-0.2, 0) is 9.47 Å². The van der Waals surface area contributed by atoms with Crippen LogP contribution in [0.1, 0.15) is 103 Å². The van der Waals surface area contributed by atoms with Crippen molar-refractivity contribution >= 4 is 76.4 Å². The van der Waals surface area contributed by atoms with E-state index in [1.165, 1.54) is 96.3 Å². The first-order chi connectivity index (χ1) is 14.6. The molecule has 0 aliphatic heterocycles. The highest BCUT2D eigenvalue weighted by molar-refractivity contribution is 8.84. The summed E-state index contributed by atoms with van der Waals surface area (Å²) in [6.07, 6.45) is 20.3. The summed E-state index contributed by atoms with van der Waals surface area (Å²) in [4.78, 5) is 0. The molecule has 2 nitrogen and oxygen atoms in total. The van der Waals surface area contributed by atoms with Crippen molar-refractivity contribution < 1.29 is 9.47 Å². The summed E-state index contributed by atoms with van der Waals surface area (Å²) in [6.45, 7) is 2.28. The van der Waals surface area contributed by atoms with Crippen molar-refractivity contribution in [3.8, 4) is 0 Å². The molecule has 0 bridgehead atoms. The van der Waals surface area contributed by atoms with Gasteiger partial charge in [0.2, 0.25) is 8.77 Å². The number of ether oxygens (including phenoxy) is 2. The molecule has 0 fully saturated rings. The van der Waals surface area contributed by atoms with Gasteiger partial charge in [0.15, 0.2) is 0 Å². The molecule has 0 spiro atoms. The lowest BCUT2D eigenvalue weighted by molar-refractivity contribution is 0.426. The van der Waals surface area contributed by atoms with Gasteiger partial charge in [-0.2, -0.15) is 0 Å². The fourth-order valence-corrected chi connectivity index (χ4v) is 7.76. The molecule has 0 heterocycles. The van der Waals surface area contributed by atoms with E-state index in [-0.39, 0.29) is 0 Å². The maximum atomic E-state index is 5.20. The molecule has 0 radical (unpaired) electrons. The van der Waals surface area contributed by atoms with Gasteiger partial charge in [-0.15, -0.1) is 0 Å². The van der Waals surface area contributed by atoms with Crippen LogP contribution in [-0.4, -0.2) is 34.0 Å². The lowest BCUT2D eigenvalue weighted by atomic mass is 10.0. The highest BCUT2D eigenvalue weighted by Gasteiger charge is 2.11. The minimum absolute atomic E-state index is 0.635. The lowest BCUT2D eigenvalue weighted by Crippen LogP contribution is -2.03. The second-order valence-electron chi connectivity index (χ2n) is 7.44. The Labute approximate surface area is 213 Å². The second kappa shape index (κ2) is 24.8. The first kappa shape index (κ1) is 31.2. The molecule has 1 atom stereocenters. The van der Waals surface area contributed by atoms with Gasteiger partial charge in [0.25, 0.3) is 0 Å². The van der Waals surface area contributed by atoms with Crippen molar-refractivity contribution in [3.63, 3.8) is 0 Å². The minimum Gasteiger partial charge on any atom is -0.481 e. The van der Waals surface area contributed by atoms with E-state index in [0.29, 0.717) is 14.0 Å². The third-order valence-electron chi connectivity index (χ3n) is 4.85. The molecule has 0 aromatic carbocycles. The largest absolute Gasteiger partial charge is 0.481 e. The summed E-state index contributed by atoms with van der Waals surface area (Å²) in [5.41, 5.74) is 0. The van der Waals surface area contributed by atoms with Crippen LogP contribution in [0, 0.1) is 0 Å². The number of thiocarbonyl (C=S) groups is 2. The predicted octanol–water partition coefficient (Wildman–Crippen LogP) is 9.85. The van der Waals surface area contributed by atoms with Gasteiger partial charge in [-0.3, -0.25) is 0 Å². The SMILES string of the molecule is CCCCCCCCC(CCCCCCCCCSSC(=S)OC)SSC(=S)OC. The van der Waals surface area contributed by atoms with E-state index >= 15 is 0 Å². The van der Waals surface area contributed by atoms with Crippen LogP contribution in [0.2, 0.25) is 0 Å². The van der Waals surface area contributed by atoms with E-state index in [4.69, 9.17) is 33.9 Å². The maximum Gasteiger partial charge on any atom is 0.230 e. The Hall–Kier alpha value is 1.18. The molecule has 1 unspecified atom stereocenters. The molecule has 30 heavy (non-hydrogen) atoms. The third-order valence-corrected chi connectivity index (χ3v) is 11.2. The Morgan fingerprint density at radius 3 is 1.67 bits per heavy atom. The molecule has 0 aromatic rings. The first-order valence-corrected chi connectivity index (χ1v) is 16.8. The normalized spacial score (nSPS) is 12.0. The van der Waals surface area contributed by atoms with Crippen molar-refractivity contribution in [1.29, 1.82) is 0 Å². The van der Waals surface area contributed by atoms with Crippen LogP contribution in [0.4, 0.5) is 0 Å². The number of hydrogen-bond acceptors (Lipinski definition) is 8. The zero-order chi connectivity index (χ0) is 22.3. The zero-order valence-electron chi connectivity index (χ0n) is 19.2. The Kier molecular flexibility index (Phi) is 25.8. The molecule has 0 amide bonds. The summed E-state index contributed by atoms with van der Waals surface area (Å²) < 4.78 is 11.4. The summed E-state index contributed by atoms with van der Waals surface area (Å²) in [5, 5.41) is 0.710. The van der Waals surface area contributed by atoms with Crippen LogP contribution >= 0.6 is 67.6 Å². The topological polar surface area (TPSA) is 18.5 Å². The average Bonchev–Trinajstić information content (AvgIpc) is 2.76. The Bertz CT molecular complexity index is 409. The lowest BCUT2D eigenvalue weighted by Gasteiger charge is -2.16. The fourth-order valence-electron chi connectivity index (χ4n) is 3.07. The molecule has 0 rings (SSSR count).